The zero-order valence-corrected chi connectivity index (χ0v) is 14.8. The van der Waals surface area contributed by atoms with Crippen molar-refractivity contribution in [3.8, 4) is 11.3 Å². The molecule has 3 rings (SSSR count). The summed E-state index contributed by atoms with van der Waals surface area (Å²) in [7, 11) is 0. The SMILES string of the molecule is C=CCN1C(=O)NC(=O)C(=Cc2ccc(-c3ccc(C)c([N+](=O)[O-])c3)o2)C1=O. The number of furan rings is 1. The van der Waals surface area contributed by atoms with Crippen LogP contribution in [0.25, 0.3) is 17.4 Å². The molecule has 1 saturated heterocycles. The molecule has 1 aliphatic rings. The number of nitrogens with zero attached hydrogens (tertiary/aromatic N) is 2. The van der Waals surface area contributed by atoms with Crippen LogP contribution in [0.3, 0.4) is 0 Å². The van der Waals surface area contributed by atoms with Crippen molar-refractivity contribution in [1.29, 1.82) is 0 Å². The van der Waals surface area contributed by atoms with E-state index in [2.05, 4.69) is 11.9 Å². The first-order chi connectivity index (χ1) is 13.3. The molecule has 4 amide bonds. The molecule has 1 aliphatic heterocycles. The van der Waals surface area contributed by atoms with Gasteiger partial charge in [0, 0.05) is 23.7 Å². The number of carbonyl (C=O) groups excluding carboxylic acids is 3. The number of urea groups is 1. The minimum atomic E-state index is -0.834. The highest BCUT2D eigenvalue weighted by Crippen LogP contribution is 2.29. The summed E-state index contributed by atoms with van der Waals surface area (Å²) < 4.78 is 5.61. The van der Waals surface area contributed by atoms with E-state index in [4.69, 9.17) is 4.42 Å². The lowest BCUT2D eigenvalue weighted by Crippen LogP contribution is -2.54. The lowest BCUT2D eigenvalue weighted by atomic mass is 10.1. The Morgan fingerprint density at radius 1 is 1.25 bits per heavy atom. The number of nitro groups is 1. The Hall–Kier alpha value is -4.01. The van der Waals surface area contributed by atoms with Gasteiger partial charge in [0.1, 0.15) is 17.1 Å². The molecule has 2 heterocycles. The normalized spacial score (nSPS) is 15.7. The van der Waals surface area contributed by atoms with Crippen LogP contribution in [-0.4, -0.2) is 34.2 Å². The third-order valence-electron chi connectivity index (χ3n) is 4.10. The van der Waals surface area contributed by atoms with Crippen LogP contribution in [-0.2, 0) is 9.59 Å². The van der Waals surface area contributed by atoms with Crippen molar-refractivity contribution in [2.45, 2.75) is 6.92 Å². The smallest absolute Gasteiger partial charge is 0.331 e. The fourth-order valence-electron chi connectivity index (χ4n) is 2.68. The third kappa shape index (κ3) is 3.45. The fourth-order valence-corrected chi connectivity index (χ4v) is 2.68. The molecule has 0 atom stereocenters. The van der Waals surface area contributed by atoms with Crippen LogP contribution in [0.2, 0.25) is 0 Å². The summed E-state index contributed by atoms with van der Waals surface area (Å²) in [6, 6.07) is 6.92. The molecule has 1 aromatic heterocycles. The molecule has 0 spiro atoms. The van der Waals surface area contributed by atoms with E-state index in [1.54, 1.807) is 25.1 Å². The molecule has 1 N–H and O–H groups in total. The lowest BCUT2D eigenvalue weighted by molar-refractivity contribution is -0.385. The molecule has 0 aliphatic carbocycles. The Balaban J connectivity index is 1.94. The highest BCUT2D eigenvalue weighted by Gasteiger charge is 2.35. The van der Waals surface area contributed by atoms with E-state index >= 15 is 0 Å². The molecule has 0 saturated carbocycles. The Bertz CT molecular complexity index is 1050. The van der Waals surface area contributed by atoms with Gasteiger partial charge in [-0.3, -0.25) is 29.9 Å². The van der Waals surface area contributed by atoms with Gasteiger partial charge in [0.25, 0.3) is 17.5 Å². The Morgan fingerprint density at radius 2 is 2.00 bits per heavy atom. The van der Waals surface area contributed by atoms with E-state index in [0.29, 0.717) is 16.9 Å². The van der Waals surface area contributed by atoms with Crippen molar-refractivity contribution in [2.24, 2.45) is 0 Å². The number of barbiturate groups is 1. The molecule has 142 valence electrons. The number of aryl methyl sites for hydroxylation is 1. The van der Waals surface area contributed by atoms with E-state index in [9.17, 15) is 24.5 Å². The quantitative estimate of drug-likeness (QED) is 0.279. The molecule has 0 bridgehead atoms. The summed E-state index contributed by atoms with van der Waals surface area (Å²) in [5.74, 6) is -1.08. The van der Waals surface area contributed by atoms with Gasteiger partial charge in [-0.2, -0.15) is 0 Å². The average molecular weight is 381 g/mol. The largest absolute Gasteiger partial charge is 0.457 e. The van der Waals surface area contributed by atoms with Gasteiger partial charge in [0.15, 0.2) is 0 Å². The number of carbonyl (C=O) groups is 3. The van der Waals surface area contributed by atoms with Crippen LogP contribution in [0, 0.1) is 17.0 Å². The lowest BCUT2D eigenvalue weighted by Gasteiger charge is -2.24. The van der Waals surface area contributed by atoms with E-state index in [-0.39, 0.29) is 23.6 Å². The van der Waals surface area contributed by atoms with Crippen LogP contribution >= 0.6 is 0 Å². The van der Waals surface area contributed by atoms with Crippen molar-refractivity contribution in [3.63, 3.8) is 0 Å². The number of amides is 4. The van der Waals surface area contributed by atoms with E-state index in [0.717, 1.165) is 4.90 Å². The van der Waals surface area contributed by atoms with Crippen LogP contribution in [0.4, 0.5) is 10.5 Å². The van der Waals surface area contributed by atoms with Gasteiger partial charge in [0.05, 0.1) is 4.92 Å². The molecule has 1 aromatic carbocycles. The first-order valence-corrected chi connectivity index (χ1v) is 8.17. The standard InChI is InChI=1S/C19H15N3O6/c1-3-8-21-18(24)14(17(23)20-19(21)25)10-13-6-7-16(28-13)12-5-4-11(2)15(9-12)22(26)27/h3-7,9-10H,1,8H2,2H3,(H,20,23,25). The van der Waals surface area contributed by atoms with Gasteiger partial charge in [-0.15, -0.1) is 6.58 Å². The van der Waals surface area contributed by atoms with Crippen molar-refractivity contribution in [3.05, 3.63) is 70.0 Å². The number of hydrogen-bond donors (Lipinski definition) is 1. The molecule has 2 aromatic rings. The van der Waals surface area contributed by atoms with Crippen LogP contribution in [0.1, 0.15) is 11.3 Å². The second-order valence-corrected chi connectivity index (χ2v) is 5.98. The second kappa shape index (κ2) is 7.31. The van der Waals surface area contributed by atoms with Gasteiger partial charge in [0.2, 0.25) is 0 Å². The van der Waals surface area contributed by atoms with E-state index < -0.39 is 22.8 Å². The first-order valence-electron chi connectivity index (χ1n) is 8.17. The molecule has 9 heteroatoms. The molecule has 28 heavy (non-hydrogen) atoms. The van der Waals surface area contributed by atoms with Crippen LogP contribution in [0.15, 0.2) is 53.0 Å². The maximum Gasteiger partial charge on any atom is 0.331 e. The molecular formula is C19H15N3O6. The number of nitro benzene ring substituents is 1. The Kier molecular flexibility index (Phi) is 4.90. The zero-order valence-electron chi connectivity index (χ0n) is 14.8. The minimum absolute atomic E-state index is 0.0470. The summed E-state index contributed by atoms with van der Waals surface area (Å²) in [6.07, 6.45) is 2.58. The predicted molar refractivity (Wildman–Crippen MR) is 99.0 cm³/mol. The van der Waals surface area contributed by atoms with E-state index in [1.165, 1.54) is 24.3 Å². The molecule has 0 unspecified atom stereocenters. The minimum Gasteiger partial charge on any atom is -0.457 e. The van der Waals surface area contributed by atoms with E-state index in [1.807, 2.05) is 0 Å². The van der Waals surface area contributed by atoms with Gasteiger partial charge in [-0.05, 0) is 25.1 Å². The van der Waals surface area contributed by atoms with Crippen molar-refractivity contribution < 1.29 is 23.7 Å². The number of imide groups is 2. The molecule has 1 fully saturated rings. The number of hydrogen-bond acceptors (Lipinski definition) is 6. The van der Waals surface area contributed by atoms with Gasteiger partial charge >= 0.3 is 6.03 Å². The summed E-state index contributed by atoms with van der Waals surface area (Å²) in [4.78, 5) is 47.6. The average Bonchev–Trinajstić information content (AvgIpc) is 3.11. The predicted octanol–water partition coefficient (Wildman–Crippen LogP) is 2.81. The second-order valence-electron chi connectivity index (χ2n) is 5.98. The Morgan fingerprint density at radius 3 is 2.68 bits per heavy atom. The highest BCUT2D eigenvalue weighted by molar-refractivity contribution is 6.30. The van der Waals surface area contributed by atoms with Crippen LogP contribution in [0.5, 0.6) is 0 Å². The van der Waals surface area contributed by atoms with Crippen molar-refractivity contribution in [2.75, 3.05) is 6.54 Å². The summed E-state index contributed by atoms with van der Waals surface area (Å²) in [5.41, 5.74) is 0.676. The highest BCUT2D eigenvalue weighted by atomic mass is 16.6. The first kappa shape index (κ1) is 18.8. The van der Waals surface area contributed by atoms with Gasteiger partial charge in [-0.25, -0.2) is 4.79 Å². The van der Waals surface area contributed by atoms with Gasteiger partial charge in [-0.1, -0.05) is 18.2 Å². The van der Waals surface area contributed by atoms with Crippen molar-refractivity contribution >= 4 is 29.6 Å². The molecule has 9 nitrogen and oxygen atoms in total. The third-order valence-corrected chi connectivity index (χ3v) is 4.10. The maximum atomic E-state index is 12.4. The zero-order chi connectivity index (χ0) is 20.4. The number of rotatable bonds is 5. The van der Waals surface area contributed by atoms with Gasteiger partial charge < -0.3 is 4.42 Å². The molecule has 0 radical (unpaired) electrons. The topological polar surface area (TPSA) is 123 Å². The fraction of sp³-hybridized carbons (Fsp3) is 0.105. The van der Waals surface area contributed by atoms with Crippen molar-refractivity contribution in [1.82, 2.24) is 10.2 Å². The summed E-state index contributed by atoms with van der Waals surface area (Å²) in [6.45, 7) is 5.05. The summed E-state index contributed by atoms with van der Waals surface area (Å²) >= 11 is 0. The summed E-state index contributed by atoms with van der Waals surface area (Å²) in [5, 5.41) is 13.2. The monoisotopic (exact) mass is 381 g/mol. The Labute approximate surface area is 159 Å². The maximum absolute atomic E-state index is 12.4. The van der Waals surface area contributed by atoms with Crippen LogP contribution < -0.4 is 5.32 Å². The molecular weight excluding hydrogens is 366 g/mol. The number of nitrogens with one attached hydrogen (secondary N) is 1. The number of benzene rings is 1.